The van der Waals surface area contributed by atoms with Gasteiger partial charge in [-0.15, -0.1) is 0 Å². The van der Waals surface area contributed by atoms with Crippen LogP contribution in [0, 0.1) is 0 Å². The molecule has 0 aliphatic carbocycles. The monoisotopic (exact) mass is 928 g/mol. The molecule has 11 rings (SSSR count). The van der Waals surface area contributed by atoms with Gasteiger partial charge in [0.1, 0.15) is 0 Å². The summed E-state index contributed by atoms with van der Waals surface area (Å²) in [6.07, 6.45) is 0. The zero-order chi connectivity index (χ0) is 45.0. The van der Waals surface area contributed by atoms with Crippen molar-refractivity contribution in [1.82, 2.24) is 0 Å². The van der Waals surface area contributed by atoms with Crippen LogP contribution in [0.2, 0.25) is 0 Å². The van der Waals surface area contributed by atoms with Gasteiger partial charge in [-0.3, -0.25) is 0 Å². The van der Waals surface area contributed by atoms with Crippen LogP contribution in [-0.2, 0) is 12.3 Å². The molecule has 0 bridgehead atoms. The van der Waals surface area contributed by atoms with E-state index < -0.39 is 33.8 Å². The van der Waals surface area contributed by atoms with Crippen molar-refractivity contribution in [3.63, 3.8) is 0 Å². The quantitative estimate of drug-likeness (QED) is 0.105. The molecular formula is C60H48O3Si4. The lowest BCUT2D eigenvalue weighted by molar-refractivity contribution is 0.268. The van der Waals surface area contributed by atoms with E-state index in [1.807, 2.05) is 0 Å². The van der Waals surface area contributed by atoms with Crippen molar-refractivity contribution in [1.29, 1.82) is 0 Å². The molecule has 7 heteroatoms. The summed E-state index contributed by atoms with van der Waals surface area (Å²) in [7, 11) is -14.0. The molecule has 0 saturated carbocycles. The molecule has 3 nitrogen and oxygen atoms in total. The first-order chi connectivity index (χ1) is 33.1. The Bertz CT molecular complexity index is 2940. The van der Waals surface area contributed by atoms with Crippen molar-refractivity contribution in [2.24, 2.45) is 0 Å². The summed E-state index contributed by atoms with van der Waals surface area (Å²) in [6, 6.07) is 105. The van der Waals surface area contributed by atoms with Gasteiger partial charge >= 0.3 is 25.7 Å². The summed E-state index contributed by atoms with van der Waals surface area (Å²) >= 11 is 0. The molecule has 0 unspecified atom stereocenters. The van der Waals surface area contributed by atoms with Crippen LogP contribution in [0.4, 0.5) is 0 Å². The number of benzene rings is 10. The van der Waals surface area contributed by atoms with Crippen LogP contribution >= 0.6 is 0 Å². The Morgan fingerprint density at radius 2 is 0.448 bits per heavy atom. The Labute approximate surface area is 398 Å². The minimum atomic E-state index is -3.80. The molecule has 1 fully saturated rings. The third-order valence-electron chi connectivity index (χ3n) is 13.1. The van der Waals surface area contributed by atoms with Gasteiger partial charge in [-0.1, -0.05) is 291 Å². The molecule has 322 valence electrons. The predicted octanol–water partition coefficient (Wildman–Crippen LogP) is 6.86. The maximum Gasteiger partial charge on any atom is 0.390 e. The summed E-state index contributed by atoms with van der Waals surface area (Å²) in [5, 5.41) is 11.5. The summed E-state index contributed by atoms with van der Waals surface area (Å²) in [4.78, 5) is 0. The Morgan fingerprint density at radius 1 is 0.209 bits per heavy atom. The van der Waals surface area contributed by atoms with Gasteiger partial charge in [-0.2, -0.15) is 0 Å². The molecule has 1 aliphatic heterocycles. The van der Waals surface area contributed by atoms with Crippen LogP contribution < -0.4 is 51.9 Å². The zero-order valence-corrected chi connectivity index (χ0v) is 40.9. The molecular weight excluding hydrogens is 881 g/mol. The zero-order valence-electron chi connectivity index (χ0n) is 36.9. The highest BCUT2D eigenvalue weighted by Crippen LogP contribution is 2.33. The van der Waals surface area contributed by atoms with Crippen LogP contribution in [0.15, 0.2) is 291 Å². The minimum absolute atomic E-state index is 1.02. The second-order valence-corrected chi connectivity index (χ2v) is 30.4. The average Bonchev–Trinajstić information content (AvgIpc) is 3.43. The van der Waals surface area contributed by atoms with Gasteiger partial charge in [-0.25, -0.2) is 0 Å². The van der Waals surface area contributed by atoms with Crippen LogP contribution in [0.1, 0.15) is 0 Å². The lowest BCUT2D eigenvalue weighted by atomic mass is 10.1. The van der Waals surface area contributed by atoms with Crippen molar-refractivity contribution in [2.45, 2.75) is 0 Å². The third-order valence-corrected chi connectivity index (χ3v) is 31.3. The smallest absolute Gasteiger partial charge is 0.390 e. The van der Waals surface area contributed by atoms with E-state index in [9.17, 15) is 0 Å². The average molecular weight is 929 g/mol. The van der Waals surface area contributed by atoms with Crippen molar-refractivity contribution in [2.75, 3.05) is 0 Å². The second-order valence-electron chi connectivity index (χ2n) is 17.0. The van der Waals surface area contributed by atoms with Crippen LogP contribution in [0.5, 0.6) is 0 Å². The lowest BCUT2D eigenvalue weighted by Crippen LogP contribution is -2.88. The van der Waals surface area contributed by atoms with E-state index in [0.717, 1.165) is 42.2 Å². The number of rotatable bonds is 11. The molecule has 0 atom stereocenters. The standard InChI is InChI=1S/C60H48O3Si4/c1-9-29-51(30-10-1)64(52-31-11-2-12-32-52,53-33-13-3-14-34-53)59-45-25-27-49(47-59)50-28-26-46-60(48-50)67(58-43-23-8-24-44-58)62-65(54-35-15-4-16-36-54,55-37-17-5-18-38-55)61-66(63-67,56-39-19-6-20-40-56)57-41-21-7-22-42-57/h1-48H. The molecule has 0 radical (unpaired) electrons. The van der Waals surface area contributed by atoms with Crippen molar-refractivity contribution in [3.05, 3.63) is 291 Å². The van der Waals surface area contributed by atoms with Gasteiger partial charge in [0.25, 0.3) is 0 Å². The molecule has 0 N–H and O–H groups in total. The Morgan fingerprint density at radius 3 is 0.776 bits per heavy atom. The predicted molar refractivity (Wildman–Crippen MR) is 286 cm³/mol. The topological polar surface area (TPSA) is 27.7 Å². The maximum absolute atomic E-state index is 8.22. The summed E-state index contributed by atoms with van der Waals surface area (Å²) in [6.45, 7) is 0. The molecule has 1 heterocycles. The second kappa shape index (κ2) is 18.3. The fourth-order valence-electron chi connectivity index (χ4n) is 10.1. The van der Waals surface area contributed by atoms with Crippen LogP contribution in [0.3, 0.4) is 0 Å². The highest BCUT2D eigenvalue weighted by atomic mass is 28.5. The van der Waals surface area contributed by atoms with E-state index in [4.69, 9.17) is 12.3 Å². The van der Waals surface area contributed by atoms with E-state index in [0.29, 0.717) is 0 Å². The first-order valence-electron chi connectivity index (χ1n) is 22.9. The Kier molecular flexibility index (Phi) is 11.6. The first-order valence-corrected chi connectivity index (χ1v) is 30.4. The van der Waals surface area contributed by atoms with Gasteiger partial charge in [0.2, 0.25) is 0 Å². The maximum atomic E-state index is 8.22. The summed E-state index contributed by atoms with van der Waals surface area (Å²) < 4.78 is 24.5. The van der Waals surface area contributed by atoms with E-state index in [1.54, 1.807) is 0 Å². The molecule has 0 aromatic heterocycles. The molecule has 1 aliphatic rings. The number of hydrogen-bond acceptors (Lipinski definition) is 3. The third kappa shape index (κ3) is 7.57. The minimum Gasteiger partial charge on any atom is -0.402 e. The molecule has 10 aromatic rings. The molecule has 10 aromatic carbocycles. The highest BCUT2D eigenvalue weighted by Gasteiger charge is 2.67. The van der Waals surface area contributed by atoms with Crippen LogP contribution in [0.25, 0.3) is 11.1 Å². The van der Waals surface area contributed by atoms with E-state index in [1.165, 1.54) is 20.7 Å². The molecule has 67 heavy (non-hydrogen) atoms. The molecule has 0 spiro atoms. The van der Waals surface area contributed by atoms with Gasteiger partial charge in [0.05, 0.1) is 0 Å². The molecule has 1 saturated heterocycles. The largest absolute Gasteiger partial charge is 0.402 e. The Hall–Kier alpha value is -7.05. The number of hydrogen-bond donors (Lipinski definition) is 0. The normalized spacial score (nSPS) is 15.0. The van der Waals surface area contributed by atoms with E-state index in [-0.39, 0.29) is 0 Å². The van der Waals surface area contributed by atoms with E-state index in [2.05, 4.69) is 291 Å². The van der Waals surface area contributed by atoms with Gasteiger partial charge < -0.3 is 12.3 Å². The van der Waals surface area contributed by atoms with Gasteiger partial charge in [0.15, 0.2) is 8.07 Å². The fourth-order valence-corrected chi connectivity index (χ4v) is 31.8. The van der Waals surface area contributed by atoms with Crippen molar-refractivity contribution < 1.29 is 12.3 Å². The van der Waals surface area contributed by atoms with Gasteiger partial charge in [-0.05, 0) is 63.0 Å². The van der Waals surface area contributed by atoms with E-state index >= 15 is 0 Å². The van der Waals surface area contributed by atoms with Gasteiger partial charge in [0, 0.05) is 0 Å². The fraction of sp³-hybridized carbons (Fsp3) is 0. The Balaban J connectivity index is 1.18. The summed E-state index contributed by atoms with van der Waals surface area (Å²) in [5.41, 5.74) is 2.23. The van der Waals surface area contributed by atoms with Crippen molar-refractivity contribution >= 4 is 85.6 Å². The highest BCUT2D eigenvalue weighted by molar-refractivity contribution is 7.20. The molecule has 0 amide bonds. The van der Waals surface area contributed by atoms with Crippen molar-refractivity contribution in [3.8, 4) is 11.1 Å². The SMILES string of the molecule is c1ccc([Si]2(c3ccccc3)O[Si](c3ccccc3)(c3ccccc3)O[Si](c3ccccc3)(c3cccc(-c4cccc([Si](c5ccccc5)(c5ccccc5)c5ccccc5)c4)c3)O2)cc1. The first kappa shape index (κ1) is 42.6. The summed E-state index contributed by atoms with van der Waals surface area (Å²) in [5.74, 6) is 0. The van der Waals surface area contributed by atoms with Crippen LogP contribution in [-0.4, -0.2) is 33.8 Å². The lowest BCUT2D eigenvalue weighted by Gasteiger charge is -2.53.